The van der Waals surface area contributed by atoms with Crippen LogP contribution < -0.4 is 21.7 Å². The highest BCUT2D eigenvalue weighted by atomic mass is 14.9. The van der Waals surface area contributed by atoms with Crippen LogP contribution in [0.2, 0.25) is 0 Å². The summed E-state index contributed by atoms with van der Waals surface area (Å²) in [4.78, 5) is 0. The van der Waals surface area contributed by atoms with Gasteiger partial charge in [-0.25, -0.2) is 0 Å². The van der Waals surface area contributed by atoms with Crippen LogP contribution in [0.1, 0.15) is 26.7 Å². The summed E-state index contributed by atoms with van der Waals surface area (Å²) in [5, 5.41) is 10.0. The van der Waals surface area contributed by atoms with E-state index in [0.29, 0.717) is 0 Å². The number of nitrogens with two attached hydrogens (primary N) is 1. The first-order valence-electron chi connectivity index (χ1n) is 9.04. The molecule has 0 spiro atoms. The van der Waals surface area contributed by atoms with Gasteiger partial charge in [-0.1, -0.05) is 35.5 Å². The van der Waals surface area contributed by atoms with E-state index in [4.69, 9.17) is 5.73 Å². The predicted octanol–water partition coefficient (Wildman–Crippen LogP) is 2.91. The van der Waals surface area contributed by atoms with E-state index in [2.05, 4.69) is 53.3 Å². The number of hydrogen-bond donors (Lipinski definition) is 4. The van der Waals surface area contributed by atoms with Gasteiger partial charge >= 0.3 is 0 Å². The molecule has 0 unspecified atom stereocenters. The van der Waals surface area contributed by atoms with E-state index in [9.17, 15) is 0 Å². The van der Waals surface area contributed by atoms with Gasteiger partial charge in [-0.15, -0.1) is 0 Å². The summed E-state index contributed by atoms with van der Waals surface area (Å²) >= 11 is 0. The molecule has 0 fully saturated rings. The van der Waals surface area contributed by atoms with Crippen molar-refractivity contribution in [2.45, 2.75) is 26.7 Å². The second-order valence-corrected chi connectivity index (χ2v) is 6.07. The lowest BCUT2D eigenvalue weighted by atomic mass is 9.98. The monoisotopic (exact) mass is 342 g/mol. The molecule has 0 saturated heterocycles. The summed E-state index contributed by atoms with van der Waals surface area (Å²) in [7, 11) is 1.91. The van der Waals surface area contributed by atoms with Crippen molar-refractivity contribution in [1.29, 1.82) is 0 Å². The molecule has 1 aliphatic rings. The standard InChI is InChI=1S/C21H34N4/c1-4-18(10-12-22)14-24-16-20-6-8-21(9-7-20)17-25-15-19(5-2)11-13-23-3/h4-6,8,10-13,23-25H,7,9,14-17,22H2,1-3H3/b12-10-,13-11-,18-4+,19-5+. The Morgan fingerprint density at radius 2 is 1.48 bits per heavy atom. The van der Waals surface area contributed by atoms with Crippen LogP contribution in [0.25, 0.3) is 0 Å². The maximum absolute atomic E-state index is 5.44. The van der Waals surface area contributed by atoms with Crippen molar-refractivity contribution in [3.05, 3.63) is 71.1 Å². The number of nitrogens with one attached hydrogen (secondary N) is 3. The molecule has 0 radical (unpaired) electrons. The molecule has 4 nitrogen and oxygen atoms in total. The first-order chi connectivity index (χ1) is 12.2. The van der Waals surface area contributed by atoms with E-state index < -0.39 is 0 Å². The van der Waals surface area contributed by atoms with E-state index in [1.807, 2.05) is 26.2 Å². The fourth-order valence-electron chi connectivity index (χ4n) is 2.58. The van der Waals surface area contributed by atoms with Crippen LogP contribution >= 0.6 is 0 Å². The summed E-state index contributed by atoms with van der Waals surface area (Å²) in [6.45, 7) is 7.74. The summed E-state index contributed by atoms with van der Waals surface area (Å²) in [5.74, 6) is 0. The lowest BCUT2D eigenvalue weighted by Gasteiger charge is -2.16. The molecule has 4 heteroatoms. The zero-order chi connectivity index (χ0) is 18.3. The number of hydrogen-bond acceptors (Lipinski definition) is 4. The third-order valence-corrected chi connectivity index (χ3v) is 4.20. The molecule has 138 valence electrons. The summed E-state index contributed by atoms with van der Waals surface area (Å²) in [5.41, 5.74) is 10.9. The van der Waals surface area contributed by atoms with Crippen LogP contribution in [0.3, 0.4) is 0 Å². The zero-order valence-corrected chi connectivity index (χ0v) is 15.9. The highest BCUT2D eigenvalue weighted by molar-refractivity contribution is 5.27. The summed E-state index contributed by atoms with van der Waals surface area (Å²) in [6, 6.07) is 0. The fraction of sp³-hybridized carbons (Fsp3) is 0.429. The van der Waals surface area contributed by atoms with Crippen LogP contribution in [0.5, 0.6) is 0 Å². The van der Waals surface area contributed by atoms with Crippen molar-refractivity contribution < 1.29 is 0 Å². The molecule has 25 heavy (non-hydrogen) atoms. The molecule has 1 rings (SSSR count). The molecule has 0 heterocycles. The van der Waals surface area contributed by atoms with Gasteiger partial charge in [-0.05, 0) is 62.4 Å². The maximum Gasteiger partial charge on any atom is 0.0205 e. The Hall–Kier alpha value is -2.04. The Kier molecular flexibility index (Phi) is 11.2. The van der Waals surface area contributed by atoms with Gasteiger partial charge in [-0.3, -0.25) is 0 Å². The van der Waals surface area contributed by atoms with E-state index >= 15 is 0 Å². The zero-order valence-electron chi connectivity index (χ0n) is 15.9. The third kappa shape index (κ3) is 9.13. The minimum absolute atomic E-state index is 0.853. The van der Waals surface area contributed by atoms with Gasteiger partial charge in [0, 0.05) is 33.2 Å². The molecule has 0 aromatic carbocycles. The van der Waals surface area contributed by atoms with Crippen molar-refractivity contribution in [2.75, 3.05) is 33.2 Å². The molecule has 0 amide bonds. The van der Waals surface area contributed by atoms with E-state index in [-0.39, 0.29) is 0 Å². The maximum atomic E-state index is 5.44. The first kappa shape index (κ1) is 21.0. The topological polar surface area (TPSA) is 62.1 Å². The van der Waals surface area contributed by atoms with Gasteiger partial charge in [0.05, 0.1) is 0 Å². The van der Waals surface area contributed by atoms with Gasteiger partial charge in [-0.2, -0.15) is 0 Å². The average molecular weight is 343 g/mol. The molecule has 1 aliphatic carbocycles. The van der Waals surface area contributed by atoms with Gasteiger partial charge in [0.1, 0.15) is 0 Å². The lowest BCUT2D eigenvalue weighted by Crippen LogP contribution is -2.22. The first-order valence-corrected chi connectivity index (χ1v) is 9.04. The van der Waals surface area contributed by atoms with Crippen molar-refractivity contribution in [3.63, 3.8) is 0 Å². The van der Waals surface area contributed by atoms with Crippen LogP contribution in [-0.4, -0.2) is 33.2 Å². The Morgan fingerprint density at radius 3 is 1.88 bits per heavy atom. The quantitative estimate of drug-likeness (QED) is 0.436. The van der Waals surface area contributed by atoms with Gasteiger partial charge in [0.2, 0.25) is 0 Å². The van der Waals surface area contributed by atoms with E-state index in [1.54, 1.807) is 6.20 Å². The van der Waals surface area contributed by atoms with Crippen molar-refractivity contribution >= 4 is 0 Å². The largest absolute Gasteiger partial charge is 0.405 e. The number of rotatable bonds is 11. The minimum Gasteiger partial charge on any atom is -0.405 e. The predicted molar refractivity (Wildman–Crippen MR) is 110 cm³/mol. The van der Waals surface area contributed by atoms with Crippen LogP contribution in [-0.2, 0) is 0 Å². The van der Waals surface area contributed by atoms with Crippen LogP contribution in [0, 0.1) is 0 Å². The molecular weight excluding hydrogens is 308 g/mol. The Bertz CT molecular complexity index is 562. The van der Waals surface area contributed by atoms with Crippen molar-refractivity contribution in [3.8, 4) is 0 Å². The summed E-state index contributed by atoms with van der Waals surface area (Å²) < 4.78 is 0. The second-order valence-electron chi connectivity index (χ2n) is 6.07. The SMILES string of the molecule is C/C=C(\C=C/N)CNCC1=CC=C(CNCC(/C=C\NC)=C/C)CC1. The number of allylic oxidation sites excluding steroid dienone is 4. The highest BCUT2D eigenvalue weighted by Crippen LogP contribution is 2.17. The van der Waals surface area contributed by atoms with Gasteiger partial charge in [0.15, 0.2) is 0 Å². The van der Waals surface area contributed by atoms with E-state index in [0.717, 1.165) is 39.0 Å². The Labute approximate surface area is 153 Å². The Morgan fingerprint density at radius 1 is 0.960 bits per heavy atom. The molecule has 0 aliphatic heterocycles. The smallest absolute Gasteiger partial charge is 0.0205 e. The normalized spacial score (nSPS) is 16.4. The molecular formula is C21H34N4. The minimum atomic E-state index is 0.853. The lowest BCUT2D eigenvalue weighted by molar-refractivity contribution is 0.721. The Balaban J connectivity index is 2.33. The fourth-order valence-corrected chi connectivity index (χ4v) is 2.58. The molecule has 0 atom stereocenters. The molecule has 5 N–H and O–H groups in total. The van der Waals surface area contributed by atoms with Crippen molar-refractivity contribution in [2.24, 2.45) is 5.73 Å². The molecule has 0 saturated carbocycles. The van der Waals surface area contributed by atoms with Crippen LogP contribution in [0.4, 0.5) is 0 Å². The van der Waals surface area contributed by atoms with Gasteiger partial charge < -0.3 is 21.7 Å². The molecule has 0 bridgehead atoms. The molecule has 0 aromatic rings. The van der Waals surface area contributed by atoms with Crippen molar-refractivity contribution in [1.82, 2.24) is 16.0 Å². The highest BCUT2D eigenvalue weighted by Gasteiger charge is 2.06. The second kappa shape index (κ2) is 13.3. The van der Waals surface area contributed by atoms with Crippen LogP contribution in [0.15, 0.2) is 71.1 Å². The van der Waals surface area contributed by atoms with Gasteiger partial charge in [0.25, 0.3) is 0 Å². The average Bonchev–Trinajstić information content (AvgIpc) is 2.65. The molecule has 0 aromatic heterocycles. The third-order valence-electron chi connectivity index (χ3n) is 4.20. The van der Waals surface area contributed by atoms with E-state index in [1.165, 1.54) is 22.3 Å². The summed E-state index contributed by atoms with van der Waals surface area (Å²) in [6.07, 6.45) is 18.6.